The van der Waals surface area contributed by atoms with Crippen LogP contribution >= 0.6 is 0 Å². The second kappa shape index (κ2) is 4.90. The van der Waals surface area contributed by atoms with Crippen LogP contribution in [0.2, 0.25) is 0 Å². The molecule has 5 heteroatoms. The first-order chi connectivity index (χ1) is 6.94. The Morgan fingerprint density at radius 1 is 1.53 bits per heavy atom. The van der Waals surface area contributed by atoms with Gasteiger partial charge in [-0.25, -0.2) is 8.78 Å². The number of ether oxygens (including phenoxy) is 1. The summed E-state index contributed by atoms with van der Waals surface area (Å²) in [6.07, 6.45) is -0.379. The average Bonchev–Trinajstić information content (AvgIpc) is 2.16. The Bertz CT molecular complexity index is 225. The Balaban J connectivity index is 2.32. The minimum Gasteiger partial charge on any atom is -0.511 e. The highest BCUT2D eigenvalue weighted by molar-refractivity contribution is 5.09. The fourth-order valence-electron chi connectivity index (χ4n) is 1.77. The molecule has 0 bridgehead atoms. The molecule has 3 nitrogen and oxygen atoms in total. The topological polar surface area (TPSA) is 55.5 Å². The molecule has 3 N–H and O–H groups in total. The average molecular weight is 221 g/mol. The van der Waals surface area contributed by atoms with Crippen molar-refractivity contribution in [1.82, 2.24) is 0 Å². The maximum absolute atomic E-state index is 11.9. The van der Waals surface area contributed by atoms with Crippen LogP contribution in [0.25, 0.3) is 0 Å². The van der Waals surface area contributed by atoms with Gasteiger partial charge in [0.05, 0.1) is 11.6 Å². The Labute approximate surface area is 87.9 Å². The van der Waals surface area contributed by atoms with Gasteiger partial charge in [-0.15, -0.1) is 0 Å². The Hall–Kier alpha value is -0.680. The van der Waals surface area contributed by atoms with Crippen molar-refractivity contribution in [3.63, 3.8) is 0 Å². The molecule has 0 aromatic heterocycles. The van der Waals surface area contributed by atoms with E-state index >= 15 is 0 Å². The normalized spacial score (nSPS) is 31.9. The molecule has 1 saturated carbocycles. The zero-order chi connectivity index (χ0) is 11.5. The van der Waals surface area contributed by atoms with E-state index in [1.54, 1.807) is 0 Å². The third-order valence-electron chi connectivity index (χ3n) is 2.86. The largest absolute Gasteiger partial charge is 0.511 e. The highest BCUT2D eigenvalue weighted by atomic mass is 19.3. The molecule has 1 fully saturated rings. The van der Waals surface area contributed by atoms with Crippen molar-refractivity contribution in [3.05, 3.63) is 12.3 Å². The molecule has 0 unspecified atom stereocenters. The van der Waals surface area contributed by atoms with E-state index in [2.05, 4.69) is 6.58 Å². The smallest absolute Gasteiger partial charge is 0.261 e. The summed E-state index contributed by atoms with van der Waals surface area (Å²) in [5.41, 5.74) is 5.11. The van der Waals surface area contributed by atoms with E-state index in [1.165, 1.54) is 0 Å². The maximum atomic E-state index is 11.9. The Morgan fingerprint density at radius 2 is 2.07 bits per heavy atom. The van der Waals surface area contributed by atoms with Crippen molar-refractivity contribution < 1.29 is 18.6 Å². The van der Waals surface area contributed by atoms with Gasteiger partial charge in [0, 0.05) is 0 Å². The number of nitrogens with two attached hydrogens (primary N) is 1. The van der Waals surface area contributed by atoms with Gasteiger partial charge in [0.1, 0.15) is 12.4 Å². The van der Waals surface area contributed by atoms with E-state index in [1.807, 2.05) is 0 Å². The Kier molecular flexibility index (Phi) is 4.04. The fourth-order valence-corrected chi connectivity index (χ4v) is 1.77. The lowest BCUT2D eigenvalue weighted by Crippen LogP contribution is -2.46. The van der Waals surface area contributed by atoms with Gasteiger partial charge in [0.2, 0.25) is 0 Å². The summed E-state index contributed by atoms with van der Waals surface area (Å²) in [5.74, 6) is -0.0326. The highest BCUT2D eigenvalue weighted by Crippen LogP contribution is 2.31. The first kappa shape index (κ1) is 12.4. The molecule has 1 aliphatic carbocycles. The fraction of sp³-hybridized carbons (Fsp3) is 0.800. The molecule has 0 saturated heterocycles. The van der Waals surface area contributed by atoms with Crippen LogP contribution in [0.5, 0.6) is 0 Å². The zero-order valence-corrected chi connectivity index (χ0v) is 8.59. The second-order valence-corrected chi connectivity index (χ2v) is 4.03. The lowest BCUT2D eigenvalue weighted by molar-refractivity contribution is -0.0435. The summed E-state index contributed by atoms with van der Waals surface area (Å²) in [6, 6.07) is 0. The van der Waals surface area contributed by atoms with E-state index < -0.39 is 18.6 Å². The maximum Gasteiger partial charge on any atom is 0.261 e. The van der Waals surface area contributed by atoms with Crippen LogP contribution in [0, 0.1) is 0 Å². The third-order valence-corrected chi connectivity index (χ3v) is 2.86. The van der Waals surface area contributed by atoms with Gasteiger partial charge in [0.15, 0.2) is 0 Å². The molecule has 88 valence electrons. The summed E-state index contributed by atoms with van der Waals surface area (Å²) >= 11 is 0. The number of halogens is 2. The van der Waals surface area contributed by atoms with Crippen molar-refractivity contribution in [1.29, 1.82) is 0 Å². The van der Waals surface area contributed by atoms with Gasteiger partial charge < -0.3 is 15.6 Å². The summed E-state index contributed by atoms with van der Waals surface area (Å²) in [7, 11) is 0. The predicted octanol–water partition coefficient (Wildman–Crippen LogP) is 1.98. The number of aliphatic hydroxyl groups excluding tert-OH is 1. The van der Waals surface area contributed by atoms with E-state index in [4.69, 9.17) is 10.5 Å². The molecule has 1 aliphatic rings. The number of aliphatic hydroxyl groups is 1. The van der Waals surface area contributed by atoms with Gasteiger partial charge in [-0.1, -0.05) is 6.58 Å². The molecular formula is C10H17F2NO2. The van der Waals surface area contributed by atoms with Crippen LogP contribution < -0.4 is 5.73 Å². The van der Waals surface area contributed by atoms with Crippen LogP contribution in [0.15, 0.2) is 12.3 Å². The molecule has 0 radical (unpaired) electrons. The highest BCUT2D eigenvalue weighted by Gasteiger charge is 2.34. The molecule has 0 aromatic carbocycles. The SMILES string of the molecule is C=C(O)C1(N)CCC(OCC(F)F)CC1. The molecule has 0 heterocycles. The summed E-state index contributed by atoms with van der Waals surface area (Å²) < 4.78 is 28.7. The summed E-state index contributed by atoms with van der Waals surface area (Å²) in [5, 5.41) is 9.26. The first-order valence-electron chi connectivity index (χ1n) is 5.01. The van der Waals surface area contributed by atoms with Gasteiger partial charge >= 0.3 is 0 Å². The molecular weight excluding hydrogens is 204 g/mol. The lowest BCUT2D eigenvalue weighted by atomic mass is 9.80. The van der Waals surface area contributed by atoms with Gasteiger partial charge in [-0.3, -0.25) is 0 Å². The van der Waals surface area contributed by atoms with Crippen molar-refractivity contribution in [2.45, 2.75) is 43.8 Å². The van der Waals surface area contributed by atoms with Crippen molar-refractivity contribution in [2.24, 2.45) is 5.73 Å². The van der Waals surface area contributed by atoms with E-state index in [0.717, 1.165) is 0 Å². The molecule has 0 aliphatic heterocycles. The predicted molar refractivity (Wildman–Crippen MR) is 52.9 cm³/mol. The first-order valence-corrected chi connectivity index (χ1v) is 5.01. The van der Waals surface area contributed by atoms with Crippen LogP contribution in [-0.4, -0.2) is 29.8 Å². The minimum atomic E-state index is -2.43. The van der Waals surface area contributed by atoms with Crippen LogP contribution in [-0.2, 0) is 4.74 Å². The van der Waals surface area contributed by atoms with Crippen molar-refractivity contribution >= 4 is 0 Å². The molecule has 0 amide bonds. The van der Waals surface area contributed by atoms with E-state index in [-0.39, 0.29) is 11.9 Å². The van der Waals surface area contributed by atoms with Crippen molar-refractivity contribution in [3.8, 4) is 0 Å². The molecule has 15 heavy (non-hydrogen) atoms. The van der Waals surface area contributed by atoms with Crippen LogP contribution in [0.3, 0.4) is 0 Å². The standard InChI is InChI=1S/C10H17F2NO2/c1-7(14)10(13)4-2-8(3-5-10)15-6-9(11)12/h8-9,14H,1-6,13H2. The van der Waals surface area contributed by atoms with E-state index in [9.17, 15) is 13.9 Å². The number of alkyl halides is 2. The Morgan fingerprint density at radius 3 is 2.47 bits per heavy atom. The molecule has 0 atom stereocenters. The molecule has 0 aromatic rings. The number of rotatable bonds is 4. The number of hydrogen-bond acceptors (Lipinski definition) is 3. The van der Waals surface area contributed by atoms with Gasteiger partial charge in [-0.2, -0.15) is 0 Å². The minimum absolute atomic E-state index is 0.0326. The monoisotopic (exact) mass is 221 g/mol. The van der Waals surface area contributed by atoms with Crippen molar-refractivity contribution in [2.75, 3.05) is 6.61 Å². The molecule has 0 spiro atoms. The zero-order valence-electron chi connectivity index (χ0n) is 8.59. The lowest BCUT2D eigenvalue weighted by Gasteiger charge is -2.36. The second-order valence-electron chi connectivity index (χ2n) is 4.03. The van der Waals surface area contributed by atoms with E-state index in [0.29, 0.717) is 25.7 Å². The third kappa shape index (κ3) is 3.43. The summed E-state index contributed by atoms with van der Waals surface area (Å²) in [6.45, 7) is 2.89. The van der Waals surface area contributed by atoms with Gasteiger partial charge in [0.25, 0.3) is 6.43 Å². The van der Waals surface area contributed by atoms with Crippen LogP contribution in [0.1, 0.15) is 25.7 Å². The quantitative estimate of drug-likeness (QED) is 0.714. The molecule has 1 rings (SSSR count). The van der Waals surface area contributed by atoms with Crippen LogP contribution in [0.4, 0.5) is 8.78 Å². The summed E-state index contributed by atoms with van der Waals surface area (Å²) in [4.78, 5) is 0. The number of hydrogen-bond donors (Lipinski definition) is 2. The van der Waals surface area contributed by atoms with Gasteiger partial charge in [-0.05, 0) is 25.7 Å².